The van der Waals surface area contributed by atoms with Gasteiger partial charge in [0, 0.05) is 17.4 Å². The number of nitrogens with zero attached hydrogens (tertiary/aromatic N) is 2. The molecule has 1 aliphatic carbocycles. The lowest BCUT2D eigenvalue weighted by Gasteiger charge is -2.30. The van der Waals surface area contributed by atoms with E-state index in [1.807, 2.05) is 12.5 Å². The van der Waals surface area contributed by atoms with Crippen LogP contribution in [-0.4, -0.2) is 15.1 Å². The number of aromatic nitrogens is 2. The first-order valence-corrected chi connectivity index (χ1v) is 5.09. The molecule has 70 valence electrons. The van der Waals surface area contributed by atoms with Crippen LogP contribution in [0.4, 0.5) is 0 Å². The van der Waals surface area contributed by atoms with Gasteiger partial charge in [-0.3, -0.25) is 0 Å². The van der Waals surface area contributed by atoms with E-state index in [1.54, 1.807) is 0 Å². The van der Waals surface area contributed by atoms with Crippen LogP contribution in [0.2, 0.25) is 0 Å². The summed E-state index contributed by atoms with van der Waals surface area (Å²) in [6.45, 7) is 0. The molecule has 0 spiro atoms. The van der Waals surface area contributed by atoms with Crippen LogP contribution in [0.5, 0.6) is 0 Å². The minimum atomic E-state index is 0.107. The topological polar surface area (TPSA) is 43.8 Å². The lowest BCUT2D eigenvalue weighted by atomic mass is 9.95. The predicted octanol–water partition coefficient (Wildman–Crippen LogP) is 1.25. The summed E-state index contributed by atoms with van der Waals surface area (Å²) in [5.74, 6) is 0. The first kappa shape index (κ1) is 7.56. The largest absolute Gasteiger partial charge is 0.330 e. The summed E-state index contributed by atoms with van der Waals surface area (Å²) in [6.07, 6.45) is 10.00. The zero-order valence-corrected chi connectivity index (χ0v) is 7.74. The van der Waals surface area contributed by atoms with Crippen molar-refractivity contribution in [1.29, 1.82) is 0 Å². The summed E-state index contributed by atoms with van der Waals surface area (Å²) in [5.41, 5.74) is 7.72. The predicted molar refractivity (Wildman–Crippen MR) is 50.4 cm³/mol. The average Bonchev–Trinajstić information content (AvgIpc) is 2.72. The van der Waals surface area contributed by atoms with Crippen LogP contribution in [0.3, 0.4) is 0 Å². The van der Waals surface area contributed by atoms with E-state index in [-0.39, 0.29) is 5.54 Å². The van der Waals surface area contributed by atoms with Crippen molar-refractivity contribution in [2.45, 2.75) is 43.7 Å². The molecule has 2 N–H and O–H groups in total. The second-order valence-corrected chi connectivity index (χ2v) is 4.43. The molecule has 1 unspecified atom stereocenters. The Hall–Kier alpha value is -0.830. The van der Waals surface area contributed by atoms with E-state index >= 15 is 0 Å². The molecule has 3 rings (SSSR count). The van der Waals surface area contributed by atoms with Crippen LogP contribution in [0, 0.1) is 0 Å². The Bertz CT molecular complexity index is 325. The zero-order valence-electron chi connectivity index (χ0n) is 7.74. The third kappa shape index (κ3) is 1.03. The van der Waals surface area contributed by atoms with Gasteiger partial charge < -0.3 is 10.3 Å². The molecule has 1 atom stereocenters. The normalized spacial score (nSPS) is 29.8. The Kier molecular flexibility index (Phi) is 1.37. The summed E-state index contributed by atoms with van der Waals surface area (Å²) in [7, 11) is 0. The van der Waals surface area contributed by atoms with Gasteiger partial charge in [-0.25, -0.2) is 4.98 Å². The van der Waals surface area contributed by atoms with Crippen LogP contribution in [-0.2, 0) is 6.42 Å². The summed E-state index contributed by atoms with van der Waals surface area (Å²) in [6, 6.07) is 0.527. The zero-order chi connectivity index (χ0) is 8.89. The molecule has 2 heterocycles. The standard InChI is InChI=1S/C10H15N3/c11-10(4-5-10)9-3-1-2-8-6-12-7-13(8)9/h6-7,9H,1-5,11H2. The number of hydrogen-bond acceptors (Lipinski definition) is 2. The maximum absolute atomic E-state index is 6.25. The molecule has 1 aliphatic heterocycles. The summed E-state index contributed by atoms with van der Waals surface area (Å²) >= 11 is 0. The average molecular weight is 177 g/mol. The highest BCUT2D eigenvalue weighted by atomic mass is 15.1. The van der Waals surface area contributed by atoms with Crippen molar-refractivity contribution in [2.24, 2.45) is 5.73 Å². The van der Waals surface area contributed by atoms with Crippen LogP contribution in [0.25, 0.3) is 0 Å². The number of fused-ring (bicyclic) bond motifs is 1. The van der Waals surface area contributed by atoms with Gasteiger partial charge in [-0.05, 0) is 32.1 Å². The van der Waals surface area contributed by atoms with E-state index in [2.05, 4.69) is 9.55 Å². The Morgan fingerprint density at radius 2 is 2.38 bits per heavy atom. The molecule has 2 aliphatic rings. The van der Waals surface area contributed by atoms with Crippen LogP contribution < -0.4 is 5.73 Å². The third-order valence-electron chi connectivity index (χ3n) is 3.48. The SMILES string of the molecule is NC1(C2CCCc3cncn32)CC1. The smallest absolute Gasteiger partial charge is 0.0951 e. The fourth-order valence-electron chi connectivity index (χ4n) is 2.46. The van der Waals surface area contributed by atoms with E-state index in [0.29, 0.717) is 6.04 Å². The van der Waals surface area contributed by atoms with Crippen molar-refractivity contribution in [3.05, 3.63) is 18.2 Å². The molecule has 0 bridgehead atoms. The molecule has 1 saturated carbocycles. The Morgan fingerprint density at radius 1 is 1.54 bits per heavy atom. The van der Waals surface area contributed by atoms with E-state index in [4.69, 9.17) is 5.73 Å². The highest BCUT2D eigenvalue weighted by Gasteiger charge is 2.47. The molecule has 3 nitrogen and oxygen atoms in total. The molecule has 1 aromatic heterocycles. The van der Waals surface area contributed by atoms with Gasteiger partial charge in [0.05, 0.1) is 12.4 Å². The number of aryl methyl sites for hydroxylation is 1. The monoisotopic (exact) mass is 177 g/mol. The quantitative estimate of drug-likeness (QED) is 0.701. The fourth-order valence-corrected chi connectivity index (χ4v) is 2.46. The molecule has 0 amide bonds. The van der Waals surface area contributed by atoms with Gasteiger partial charge in [0.25, 0.3) is 0 Å². The molecule has 1 aromatic rings. The molecule has 0 aromatic carbocycles. The molecule has 0 radical (unpaired) electrons. The highest BCUT2D eigenvalue weighted by molar-refractivity contribution is 5.13. The number of nitrogens with two attached hydrogens (primary N) is 1. The van der Waals surface area contributed by atoms with Crippen LogP contribution in [0.1, 0.15) is 37.4 Å². The maximum Gasteiger partial charge on any atom is 0.0951 e. The fraction of sp³-hybridized carbons (Fsp3) is 0.700. The summed E-state index contributed by atoms with van der Waals surface area (Å²) in [5, 5.41) is 0. The molecule has 1 fully saturated rings. The minimum absolute atomic E-state index is 0.107. The first-order chi connectivity index (χ1) is 6.30. The molecule has 13 heavy (non-hydrogen) atoms. The van der Waals surface area contributed by atoms with Gasteiger partial charge in [0.15, 0.2) is 0 Å². The third-order valence-corrected chi connectivity index (χ3v) is 3.48. The van der Waals surface area contributed by atoms with E-state index < -0.39 is 0 Å². The Labute approximate surface area is 78.0 Å². The number of rotatable bonds is 1. The van der Waals surface area contributed by atoms with Crippen molar-refractivity contribution in [1.82, 2.24) is 9.55 Å². The van der Waals surface area contributed by atoms with Crippen molar-refractivity contribution in [2.75, 3.05) is 0 Å². The van der Waals surface area contributed by atoms with Crippen molar-refractivity contribution < 1.29 is 0 Å². The van der Waals surface area contributed by atoms with Crippen LogP contribution >= 0.6 is 0 Å². The lowest BCUT2D eigenvalue weighted by molar-refractivity contribution is 0.326. The van der Waals surface area contributed by atoms with E-state index in [0.717, 1.165) is 0 Å². The Morgan fingerprint density at radius 3 is 3.15 bits per heavy atom. The maximum atomic E-state index is 6.25. The lowest BCUT2D eigenvalue weighted by Crippen LogP contribution is -2.36. The van der Waals surface area contributed by atoms with E-state index in [1.165, 1.54) is 37.8 Å². The Balaban J connectivity index is 2.00. The van der Waals surface area contributed by atoms with E-state index in [9.17, 15) is 0 Å². The van der Waals surface area contributed by atoms with Gasteiger partial charge >= 0.3 is 0 Å². The van der Waals surface area contributed by atoms with Crippen LogP contribution in [0.15, 0.2) is 12.5 Å². The summed E-state index contributed by atoms with van der Waals surface area (Å²) in [4.78, 5) is 4.20. The summed E-state index contributed by atoms with van der Waals surface area (Å²) < 4.78 is 2.30. The van der Waals surface area contributed by atoms with Gasteiger partial charge in [0.2, 0.25) is 0 Å². The number of imidazole rings is 1. The molecular weight excluding hydrogens is 162 g/mol. The second-order valence-electron chi connectivity index (χ2n) is 4.43. The van der Waals surface area contributed by atoms with Gasteiger partial charge in [-0.2, -0.15) is 0 Å². The van der Waals surface area contributed by atoms with Gasteiger partial charge in [-0.15, -0.1) is 0 Å². The van der Waals surface area contributed by atoms with Gasteiger partial charge in [-0.1, -0.05) is 0 Å². The van der Waals surface area contributed by atoms with Gasteiger partial charge in [0.1, 0.15) is 0 Å². The first-order valence-electron chi connectivity index (χ1n) is 5.09. The minimum Gasteiger partial charge on any atom is -0.330 e. The molecule has 0 saturated heterocycles. The van der Waals surface area contributed by atoms with Crippen molar-refractivity contribution in [3.8, 4) is 0 Å². The second kappa shape index (κ2) is 2.35. The van der Waals surface area contributed by atoms with Crippen molar-refractivity contribution >= 4 is 0 Å². The highest BCUT2D eigenvalue weighted by Crippen LogP contribution is 2.46. The van der Waals surface area contributed by atoms with Crippen molar-refractivity contribution in [3.63, 3.8) is 0 Å². The molecular formula is C10H15N3. The molecule has 3 heteroatoms. The number of hydrogen-bond donors (Lipinski definition) is 1.